The number of hydrogen-bond donors (Lipinski definition) is 1. The Kier molecular flexibility index (Phi) is 9.79. The van der Waals surface area contributed by atoms with E-state index in [4.69, 9.17) is 14.2 Å². The van der Waals surface area contributed by atoms with Crippen LogP contribution in [0, 0.1) is 0 Å². The first kappa shape index (κ1) is 22.6. The average molecular weight is 388 g/mol. The Morgan fingerprint density at radius 3 is 2.27 bits per heavy atom. The van der Waals surface area contributed by atoms with E-state index in [0.29, 0.717) is 37.2 Å². The van der Waals surface area contributed by atoms with E-state index >= 15 is 0 Å². The van der Waals surface area contributed by atoms with Crippen LogP contribution in [0.1, 0.15) is 56.4 Å². The molecule has 26 heavy (non-hydrogen) atoms. The summed E-state index contributed by atoms with van der Waals surface area (Å²) in [5, 5.41) is -1.10. The molecule has 0 amide bonds. The van der Waals surface area contributed by atoms with Crippen LogP contribution in [0.15, 0.2) is 24.3 Å². The van der Waals surface area contributed by atoms with Gasteiger partial charge in [0.25, 0.3) is 10.1 Å². The van der Waals surface area contributed by atoms with Gasteiger partial charge >= 0.3 is 5.97 Å². The van der Waals surface area contributed by atoms with Crippen LogP contribution < -0.4 is 0 Å². The van der Waals surface area contributed by atoms with Gasteiger partial charge in [-0.3, -0.25) is 9.35 Å². The predicted molar refractivity (Wildman–Crippen MR) is 97.1 cm³/mol. The van der Waals surface area contributed by atoms with Gasteiger partial charge in [0, 0.05) is 20.1 Å². The van der Waals surface area contributed by atoms with Crippen molar-refractivity contribution in [2.24, 2.45) is 0 Å². The largest absolute Gasteiger partial charge is 0.461 e. The highest BCUT2D eigenvalue weighted by molar-refractivity contribution is 7.86. The summed E-state index contributed by atoms with van der Waals surface area (Å²) in [6, 6.07) is 6.72. The molecule has 0 bridgehead atoms. The van der Waals surface area contributed by atoms with E-state index in [2.05, 4.69) is 0 Å². The molecule has 1 rings (SSSR count). The molecule has 0 aromatic heterocycles. The Hall–Kier alpha value is -1.48. The number of carbonyl (C=O) groups excluding carboxylic acids is 1. The third kappa shape index (κ3) is 7.82. The van der Waals surface area contributed by atoms with Gasteiger partial charge in [0.2, 0.25) is 0 Å². The Balaban J connectivity index is 2.90. The highest BCUT2D eigenvalue weighted by Gasteiger charge is 2.27. The van der Waals surface area contributed by atoms with Crippen molar-refractivity contribution in [2.75, 3.05) is 13.2 Å². The summed E-state index contributed by atoms with van der Waals surface area (Å²) in [6.45, 7) is 5.95. The number of esters is 1. The van der Waals surface area contributed by atoms with Crippen LogP contribution in [0.2, 0.25) is 0 Å². The first-order valence-electron chi connectivity index (χ1n) is 8.70. The van der Waals surface area contributed by atoms with Crippen molar-refractivity contribution in [3.05, 3.63) is 35.4 Å². The van der Waals surface area contributed by atoms with Crippen molar-refractivity contribution < 1.29 is 32.0 Å². The van der Waals surface area contributed by atoms with Gasteiger partial charge in [0.05, 0.1) is 0 Å². The average Bonchev–Trinajstić information content (AvgIpc) is 2.56. The minimum Gasteiger partial charge on any atom is -0.461 e. The number of carbonyl (C=O) groups is 1. The molecule has 0 saturated heterocycles. The first-order chi connectivity index (χ1) is 12.3. The van der Waals surface area contributed by atoms with E-state index in [9.17, 15) is 17.8 Å². The van der Waals surface area contributed by atoms with Crippen LogP contribution in [-0.2, 0) is 35.7 Å². The quantitative estimate of drug-likeness (QED) is 0.333. The minimum atomic E-state index is -4.32. The molecule has 1 aromatic rings. The molecule has 1 atom stereocenters. The molecule has 148 valence electrons. The molecule has 0 aliphatic heterocycles. The van der Waals surface area contributed by atoms with Gasteiger partial charge in [-0.15, -0.1) is 0 Å². The summed E-state index contributed by atoms with van der Waals surface area (Å²) in [5.41, 5.74) is 0.983. The zero-order valence-electron chi connectivity index (χ0n) is 15.5. The highest BCUT2D eigenvalue weighted by Crippen LogP contribution is 2.31. The van der Waals surface area contributed by atoms with Crippen molar-refractivity contribution in [3.63, 3.8) is 0 Å². The first-order valence-corrected chi connectivity index (χ1v) is 10.2. The normalized spacial score (nSPS) is 13.0. The lowest BCUT2D eigenvalue weighted by Crippen LogP contribution is -2.19. The molecule has 0 radical (unpaired) electrons. The van der Waals surface area contributed by atoms with Crippen molar-refractivity contribution >= 4 is 16.1 Å². The van der Waals surface area contributed by atoms with E-state index in [1.807, 2.05) is 13.8 Å². The van der Waals surface area contributed by atoms with Gasteiger partial charge in [0.15, 0.2) is 6.29 Å². The van der Waals surface area contributed by atoms with E-state index < -0.39 is 27.6 Å². The Labute approximate surface area is 155 Å². The van der Waals surface area contributed by atoms with E-state index in [0.717, 1.165) is 0 Å². The summed E-state index contributed by atoms with van der Waals surface area (Å²) in [7, 11) is -4.32. The number of benzene rings is 1. The van der Waals surface area contributed by atoms with Gasteiger partial charge in [-0.25, -0.2) is 0 Å². The molecule has 0 spiro atoms. The van der Waals surface area contributed by atoms with E-state index in [1.54, 1.807) is 24.3 Å². The van der Waals surface area contributed by atoms with Gasteiger partial charge < -0.3 is 14.2 Å². The number of ether oxygens (including phenoxy) is 3. The molecule has 0 saturated carbocycles. The lowest BCUT2D eigenvalue weighted by Gasteiger charge is -2.20. The third-order valence-corrected chi connectivity index (χ3v) is 5.01. The fraction of sp³-hybridized carbons (Fsp3) is 0.611. The molecule has 0 fully saturated rings. The minimum absolute atomic E-state index is 0.0436. The number of rotatable bonds is 12. The number of hydrogen-bond acceptors (Lipinski definition) is 6. The van der Waals surface area contributed by atoms with Crippen LogP contribution >= 0.6 is 0 Å². The second kappa shape index (κ2) is 11.3. The predicted octanol–water partition coefficient (Wildman–Crippen LogP) is 3.25. The van der Waals surface area contributed by atoms with Gasteiger partial charge in [0.1, 0.15) is 11.9 Å². The summed E-state index contributed by atoms with van der Waals surface area (Å²) in [4.78, 5) is 11.0. The maximum absolute atomic E-state index is 11.9. The molecular weight excluding hydrogens is 360 g/mol. The zero-order valence-corrected chi connectivity index (χ0v) is 16.3. The molecular formula is C18H28O7S. The monoisotopic (exact) mass is 388 g/mol. The molecule has 1 unspecified atom stereocenters. The van der Waals surface area contributed by atoms with Gasteiger partial charge in [-0.2, -0.15) is 8.42 Å². The molecule has 8 heteroatoms. The molecule has 1 N–H and O–H groups in total. The van der Waals surface area contributed by atoms with Crippen molar-refractivity contribution in [1.29, 1.82) is 0 Å². The SMILES string of the molecule is CCOC(CCCC(c1ccccc1COC(C)=O)S(=O)(=O)O)OCC. The third-order valence-electron chi connectivity index (χ3n) is 3.80. The maximum atomic E-state index is 11.9. The summed E-state index contributed by atoms with van der Waals surface area (Å²) in [5.74, 6) is -0.459. The van der Waals surface area contributed by atoms with Crippen LogP contribution in [0.5, 0.6) is 0 Å². The molecule has 0 heterocycles. The summed E-state index contributed by atoms with van der Waals surface area (Å²) < 4.78 is 49.5. The van der Waals surface area contributed by atoms with Crippen LogP contribution in [0.25, 0.3) is 0 Å². The Bertz CT molecular complexity index is 651. The lowest BCUT2D eigenvalue weighted by atomic mass is 10.0. The smallest absolute Gasteiger partial charge is 0.302 e. The molecule has 7 nitrogen and oxygen atoms in total. The Morgan fingerprint density at radius 1 is 1.12 bits per heavy atom. The van der Waals surface area contributed by atoms with Crippen molar-refractivity contribution in [3.8, 4) is 0 Å². The second-order valence-corrected chi connectivity index (χ2v) is 7.35. The van der Waals surface area contributed by atoms with E-state index in [1.165, 1.54) is 6.92 Å². The summed E-state index contributed by atoms with van der Waals surface area (Å²) >= 11 is 0. The van der Waals surface area contributed by atoms with Crippen molar-refractivity contribution in [2.45, 2.75) is 58.2 Å². The van der Waals surface area contributed by atoms with Crippen molar-refractivity contribution in [1.82, 2.24) is 0 Å². The second-order valence-electron chi connectivity index (χ2n) is 5.75. The van der Waals surface area contributed by atoms with Crippen LogP contribution in [0.3, 0.4) is 0 Å². The van der Waals surface area contributed by atoms with E-state index in [-0.39, 0.29) is 13.0 Å². The standard InChI is InChI=1S/C18H28O7S/c1-4-23-18(24-5-2)12-8-11-17(26(20,21)22)16-10-7-6-9-15(16)13-25-14(3)19/h6-7,9-10,17-18H,4-5,8,11-13H2,1-3H3,(H,20,21,22). The highest BCUT2D eigenvalue weighted by atomic mass is 32.2. The van der Waals surface area contributed by atoms with Crippen LogP contribution in [0.4, 0.5) is 0 Å². The fourth-order valence-electron chi connectivity index (χ4n) is 2.68. The molecule has 0 aliphatic rings. The fourth-order valence-corrected chi connectivity index (χ4v) is 3.70. The van der Waals surface area contributed by atoms with Gasteiger partial charge in [-0.1, -0.05) is 24.3 Å². The summed E-state index contributed by atoms with van der Waals surface area (Å²) in [6.07, 6.45) is 0.798. The molecule has 0 aliphatic carbocycles. The van der Waals surface area contributed by atoms with Crippen LogP contribution in [-0.4, -0.2) is 38.4 Å². The zero-order chi connectivity index (χ0) is 19.6. The van der Waals surface area contributed by atoms with Gasteiger partial charge in [-0.05, 0) is 44.2 Å². The maximum Gasteiger partial charge on any atom is 0.302 e. The Morgan fingerprint density at radius 2 is 1.73 bits per heavy atom. The lowest BCUT2D eigenvalue weighted by molar-refractivity contribution is -0.142. The molecule has 1 aromatic carbocycles. The topological polar surface area (TPSA) is 99.1 Å².